The first-order chi connectivity index (χ1) is 20.1. The first kappa shape index (κ1) is 29.4. The Kier molecular flexibility index (Phi) is 8.02. The molecule has 2 heterocycles. The molecule has 2 aromatic rings. The zero-order valence-corrected chi connectivity index (χ0v) is 26.0. The molecule has 2 bridgehead atoms. The summed E-state index contributed by atoms with van der Waals surface area (Å²) in [6.07, 6.45) is 7.80. The molecule has 1 unspecified atom stereocenters. The SMILES string of the molecule is C=S1(=O)CCCCC[C@](O)(C#CC)[C@@H]2CC[C@H]2CN2C[C@@]3(CCCc4cc(Cl)ccc43)COc3ccc(cc32)C(=O)N1. The van der Waals surface area contributed by atoms with Gasteiger partial charge in [-0.25, -0.2) is 4.21 Å². The van der Waals surface area contributed by atoms with Crippen LogP contribution in [0.15, 0.2) is 36.4 Å². The Labute approximate surface area is 255 Å². The molecule has 6 rings (SSSR count). The fourth-order valence-electron chi connectivity index (χ4n) is 7.70. The van der Waals surface area contributed by atoms with E-state index in [0.717, 1.165) is 74.5 Å². The van der Waals surface area contributed by atoms with Crippen molar-refractivity contribution < 1.29 is 18.8 Å². The normalized spacial score (nSPS) is 33.0. The first-order valence-corrected chi connectivity index (χ1v) is 17.5. The molecule has 1 amide bonds. The van der Waals surface area contributed by atoms with Crippen LogP contribution in [0.3, 0.4) is 0 Å². The molecule has 2 N–H and O–H groups in total. The second-order valence-electron chi connectivity index (χ2n) is 12.8. The summed E-state index contributed by atoms with van der Waals surface area (Å²) in [6, 6.07) is 11.7. The third-order valence-electron chi connectivity index (χ3n) is 9.94. The Balaban J connectivity index is 1.43. The van der Waals surface area contributed by atoms with Crippen LogP contribution in [0.2, 0.25) is 5.02 Å². The van der Waals surface area contributed by atoms with Crippen molar-refractivity contribution >= 4 is 38.8 Å². The van der Waals surface area contributed by atoms with E-state index in [1.165, 1.54) is 11.1 Å². The molecule has 0 saturated heterocycles. The van der Waals surface area contributed by atoms with Gasteiger partial charge in [-0.1, -0.05) is 30.0 Å². The van der Waals surface area contributed by atoms with Crippen molar-refractivity contribution in [3.63, 3.8) is 0 Å². The number of carbonyl (C=O) groups excluding carboxylic acids is 1. The monoisotopic (exact) mass is 608 g/mol. The summed E-state index contributed by atoms with van der Waals surface area (Å²) in [6.45, 7) is 3.79. The Morgan fingerprint density at radius 2 is 2.00 bits per heavy atom. The molecular weight excluding hydrogens is 568 g/mol. The van der Waals surface area contributed by atoms with Crippen molar-refractivity contribution in [2.24, 2.45) is 11.8 Å². The summed E-state index contributed by atoms with van der Waals surface area (Å²) >= 11 is 6.41. The molecule has 2 aliphatic heterocycles. The Morgan fingerprint density at radius 3 is 2.79 bits per heavy atom. The average molecular weight is 609 g/mol. The number of benzene rings is 2. The molecule has 0 aromatic heterocycles. The number of ether oxygens (including phenoxy) is 1. The number of nitrogens with one attached hydrogen (secondary N) is 1. The second-order valence-corrected chi connectivity index (χ2v) is 15.5. The van der Waals surface area contributed by atoms with Gasteiger partial charge in [0.1, 0.15) is 11.4 Å². The first-order valence-electron chi connectivity index (χ1n) is 15.3. The number of hydrogen-bond acceptors (Lipinski definition) is 5. The lowest BCUT2D eigenvalue weighted by Crippen LogP contribution is -2.52. The van der Waals surface area contributed by atoms with Gasteiger partial charge in [0.05, 0.1) is 12.3 Å². The molecule has 1 fully saturated rings. The van der Waals surface area contributed by atoms with E-state index in [2.05, 4.69) is 39.5 Å². The van der Waals surface area contributed by atoms with Crippen LogP contribution in [-0.2, 0) is 21.5 Å². The minimum Gasteiger partial charge on any atom is -0.490 e. The van der Waals surface area contributed by atoms with E-state index in [4.69, 9.17) is 16.3 Å². The van der Waals surface area contributed by atoms with Gasteiger partial charge < -0.3 is 14.7 Å². The van der Waals surface area contributed by atoms with Gasteiger partial charge in [0.15, 0.2) is 0 Å². The summed E-state index contributed by atoms with van der Waals surface area (Å²) in [7, 11) is -2.80. The predicted molar refractivity (Wildman–Crippen MR) is 171 cm³/mol. The summed E-state index contributed by atoms with van der Waals surface area (Å²) in [5, 5.41) is 12.6. The standard InChI is InChI=1S/C34H41ClN2O4S/c1-3-15-34(39)17-5-4-6-18-42(2,40)36-32(38)25-10-14-31-30(20-25)37(21-26-9-12-29(26)34)22-33(23-41-31)16-7-8-24-19-27(35)11-13-28(24)33/h10-11,13-14,19-20,26,29,39H,2,4-9,12,16-18,21-23H2,1H3,(H,36,38,40)/t26-,29+,33-,34+,42?/m0/s1. The van der Waals surface area contributed by atoms with Crippen LogP contribution in [0.1, 0.15) is 79.8 Å². The van der Waals surface area contributed by atoms with Gasteiger partial charge >= 0.3 is 0 Å². The molecule has 6 nitrogen and oxygen atoms in total. The van der Waals surface area contributed by atoms with Gasteiger partial charge in [-0.3, -0.25) is 9.52 Å². The Bertz CT molecular complexity index is 1550. The zero-order chi connectivity index (χ0) is 29.5. The highest BCUT2D eigenvalue weighted by atomic mass is 35.5. The van der Waals surface area contributed by atoms with Crippen molar-refractivity contribution in [3.8, 4) is 17.6 Å². The van der Waals surface area contributed by atoms with Crippen LogP contribution < -0.4 is 14.4 Å². The van der Waals surface area contributed by atoms with Gasteiger partial charge in [0.25, 0.3) is 5.91 Å². The van der Waals surface area contributed by atoms with Gasteiger partial charge in [-0.05, 0) is 112 Å². The van der Waals surface area contributed by atoms with Crippen LogP contribution in [0.25, 0.3) is 0 Å². The van der Waals surface area contributed by atoms with Crippen molar-refractivity contribution in [3.05, 3.63) is 58.1 Å². The van der Waals surface area contributed by atoms with Crippen molar-refractivity contribution in [2.45, 2.75) is 75.7 Å². The summed E-state index contributed by atoms with van der Waals surface area (Å²) in [5.41, 5.74) is 2.58. The number of nitrogens with zero attached hydrogens (tertiary/aromatic N) is 1. The van der Waals surface area contributed by atoms with Crippen molar-refractivity contribution in [1.29, 1.82) is 0 Å². The van der Waals surface area contributed by atoms with E-state index in [1.54, 1.807) is 13.0 Å². The number of halogens is 1. The van der Waals surface area contributed by atoms with Gasteiger partial charge in [-0.15, -0.1) is 5.92 Å². The minimum atomic E-state index is -2.80. The predicted octanol–water partition coefficient (Wildman–Crippen LogP) is 5.53. The summed E-state index contributed by atoms with van der Waals surface area (Å²) in [5.74, 6) is 11.0. The fourth-order valence-corrected chi connectivity index (χ4v) is 9.12. The number of rotatable bonds is 0. The number of amides is 1. The minimum absolute atomic E-state index is 0.0717. The highest BCUT2D eigenvalue weighted by Crippen LogP contribution is 2.48. The van der Waals surface area contributed by atoms with Crippen molar-refractivity contribution in [1.82, 2.24) is 4.72 Å². The fraction of sp³-hybridized carbons (Fsp3) is 0.529. The number of aliphatic hydroxyl groups is 1. The van der Waals surface area contributed by atoms with Crippen LogP contribution in [0.5, 0.6) is 5.75 Å². The lowest BCUT2D eigenvalue weighted by molar-refractivity contribution is -0.0444. The molecule has 1 spiro atoms. The maximum atomic E-state index is 13.3. The molecule has 4 aliphatic rings. The number of anilines is 1. The molecule has 42 heavy (non-hydrogen) atoms. The number of hydrogen-bond donors (Lipinski definition) is 2. The number of fused-ring (bicyclic) bond motifs is 4. The van der Waals surface area contributed by atoms with Crippen LogP contribution >= 0.6 is 11.6 Å². The maximum absolute atomic E-state index is 13.3. The highest BCUT2D eigenvalue weighted by Gasteiger charge is 2.48. The molecule has 0 radical (unpaired) electrons. The van der Waals surface area contributed by atoms with E-state index < -0.39 is 15.3 Å². The Hall–Kier alpha value is -2.66. The molecule has 2 aromatic carbocycles. The van der Waals surface area contributed by atoms with E-state index in [9.17, 15) is 14.1 Å². The number of aryl methyl sites for hydroxylation is 1. The van der Waals surface area contributed by atoms with E-state index in [0.29, 0.717) is 30.8 Å². The second kappa shape index (κ2) is 11.4. The molecule has 5 atom stereocenters. The Morgan fingerprint density at radius 1 is 1.14 bits per heavy atom. The largest absolute Gasteiger partial charge is 0.490 e. The topological polar surface area (TPSA) is 78.9 Å². The average Bonchev–Trinajstić information content (AvgIpc) is 3.07. The third-order valence-corrected chi connectivity index (χ3v) is 11.7. The smallest absolute Gasteiger partial charge is 0.262 e. The van der Waals surface area contributed by atoms with Crippen LogP contribution in [0, 0.1) is 23.7 Å². The molecular formula is C34H41ClN2O4S. The van der Waals surface area contributed by atoms with Gasteiger partial charge in [0, 0.05) is 50.5 Å². The van der Waals surface area contributed by atoms with E-state index in [1.807, 2.05) is 18.2 Å². The van der Waals surface area contributed by atoms with E-state index >= 15 is 0 Å². The molecule has 2 aliphatic carbocycles. The summed E-state index contributed by atoms with van der Waals surface area (Å²) < 4.78 is 22.5. The zero-order valence-electron chi connectivity index (χ0n) is 24.4. The quantitative estimate of drug-likeness (QED) is 0.304. The lowest BCUT2D eigenvalue weighted by atomic mass is 9.63. The highest BCUT2D eigenvalue weighted by molar-refractivity contribution is 7.99. The van der Waals surface area contributed by atoms with Gasteiger partial charge in [0.2, 0.25) is 0 Å². The molecule has 1 saturated carbocycles. The molecule has 224 valence electrons. The maximum Gasteiger partial charge on any atom is 0.262 e. The van der Waals surface area contributed by atoms with Gasteiger partial charge in [-0.2, -0.15) is 0 Å². The van der Waals surface area contributed by atoms with E-state index in [-0.39, 0.29) is 23.2 Å². The number of carbonyl (C=O) groups is 1. The van der Waals surface area contributed by atoms with Crippen molar-refractivity contribution in [2.75, 3.05) is 30.3 Å². The lowest BCUT2D eigenvalue weighted by Gasteiger charge is -2.48. The molecule has 8 heteroatoms. The third kappa shape index (κ3) is 5.66. The van der Waals surface area contributed by atoms with Crippen LogP contribution in [0.4, 0.5) is 5.69 Å². The summed E-state index contributed by atoms with van der Waals surface area (Å²) in [4.78, 5) is 15.7. The van der Waals surface area contributed by atoms with Crippen LogP contribution in [-0.4, -0.2) is 52.1 Å².